The molecule has 3 heterocycles. The van der Waals surface area contributed by atoms with E-state index in [0.29, 0.717) is 33.4 Å². The molecule has 1 aliphatic rings. The molecule has 1 N–H and O–H groups in total. The van der Waals surface area contributed by atoms with Crippen LogP contribution in [0.3, 0.4) is 0 Å². The molecule has 0 spiro atoms. The highest BCUT2D eigenvalue weighted by molar-refractivity contribution is 7.99. The Balaban J connectivity index is 1.88. The summed E-state index contributed by atoms with van der Waals surface area (Å²) in [5, 5.41) is 5.96. The highest BCUT2D eigenvalue weighted by atomic mass is 32.2. The molecule has 1 unspecified atom stereocenters. The predicted octanol–water partition coefficient (Wildman–Crippen LogP) is 3.53. The third-order valence-corrected chi connectivity index (χ3v) is 6.66. The van der Waals surface area contributed by atoms with Crippen molar-refractivity contribution in [2.75, 3.05) is 10.7 Å². The van der Waals surface area contributed by atoms with Crippen molar-refractivity contribution in [3.63, 3.8) is 0 Å². The molecule has 34 heavy (non-hydrogen) atoms. The van der Waals surface area contributed by atoms with Crippen molar-refractivity contribution in [3.05, 3.63) is 83.3 Å². The molecule has 1 atom stereocenters. The maximum absolute atomic E-state index is 13.3. The average molecular weight is 473 g/mol. The standard InChI is InChI=1S/C25H21N5O3S/c1-4-13-34-25-26-23(33)22-18-10-6-8-12-21(18)29(16(3)32)24(30(22)27-25)19-14-28(15(2)31)20-11-7-5-9-17(19)20/h4-12,14,24H,1,13H2,2-3H3/p+1. The number of anilines is 1. The molecular weight excluding hydrogens is 450 g/mol. The molecule has 2 aromatic heterocycles. The second-order valence-corrected chi connectivity index (χ2v) is 8.93. The fraction of sp³-hybridized carbons (Fsp3) is 0.160. The van der Waals surface area contributed by atoms with Crippen molar-refractivity contribution in [1.82, 2.24) is 14.6 Å². The molecule has 0 bridgehead atoms. The van der Waals surface area contributed by atoms with E-state index in [1.807, 2.05) is 42.5 Å². The molecule has 4 aromatic rings. The number of para-hydroxylation sites is 2. The summed E-state index contributed by atoms with van der Waals surface area (Å²) in [6, 6.07) is 14.8. The molecular formula is C25H22N5O3S+. The van der Waals surface area contributed by atoms with Crippen LogP contribution >= 0.6 is 11.8 Å². The first-order chi connectivity index (χ1) is 16.4. The Kier molecular flexibility index (Phi) is 5.41. The fourth-order valence-corrected chi connectivity index (χ4v) is 5.06. The SMILES string of the molecule is C=CCSc1n[n+]2c(c(=O)[nH]1)-c1ccccc1N(C(C)=O)C2c1cn(C(C)=O)c2ccccc12. The lowest BCUT2D eigenvalue weighted by molar-refractivity contribution is -0.762. The molecule has 5 rings (SSSR count). The lowest BCUT2D eigenvalue weighted by Gasteiger charge is -2.31. The topological polar surface area (TPSA) is 91.9 Å². The van der Waals surface area contributed by atoms with Gasteiger partial charge in [0.1, 0.15) is 0 Å². The van der Waals surface area contributed by atoms with Gasteiger partial charge in [0.25, 0.3) is 6.17 Å². The number of hydrogen-bond acceptors (Lipinski definition) is 5. The Morgan fingerprint density at radius 3 is 2.62 bits per heavy atom. The second-order valence-electron chi connectivity index (χ2n) is 7.92. The Hall–Kier alpha value is -3.98. The second kappa shape index (κ2) is 8.42. The molecule has 9 heteroatoms. The predicted molar refractivity (Wildman–Crippen MR) is 131 cm³/mol. The van der Waals surface area contributed by atoms with E-state index in [9.17, 15) is 14.4 Å². The number of aromatic nitrogens is 4. The Labute approximate surface area is 199 Å². The van der Waals surface area contributed by atoms with Gasteiger partial charge in [-0.2, -0.15) is 0 Å². The van der Waals surface area contributed by atoms with Crippen LogP contribution in [0, 0.1) is 0 Å². The normalized spacial score (nSPS) is 14.5. The molecule has 8 nitrogen and oxygen atoms in total. The summed E-state index contributed by atoms with van der Waals surface area (Å²) in [5.41, 5.74) is 2.68. The summed E-state index contributed by atoms with van der Waals surface area (Å²) < 4.78 is 3.16. The summed E-state index contributed by atoms with van der Waals surface area (Å²) >= 11 is 1.34. The summed E-state index contributed by atoms with van der Waals surface area (Å²) in [5.74, 6) is 0.195. The number of benzene rings is 2. The van der Waals surface area contributed by atoms with Crippen molar-refractivity contribution in [3.8, 4) is 11.3 Å². The zero-order valence-electron chi connectivity index (χ0n) is 18.7. The van der Waals surface area contributed by atoms with E-state index < -0.39 is 6.17 Å². The van der Waals surface area contributed by atoms with E-state index in [1.165, 1.54) is 25.6 Å². The number of amides is 1. The van der Waals surface area contributed by atoms with Gasteiger partial charge in [-0.25, -0.2) is 4.90 Å². The molecule has 170 valence electrons. The molecule has 0 fully saturated rings. The fourth-order valence-electron chi connectivity index (χ4n) is 4.47. The minimum absolute atomic E-state index is 0.153. The molecule has 0 saturated carbocycles. The Morgan fingerprint density at radius 1 is 1.15 bits per heavy atom. The van der Waals surface area contributed by atoms with Crippen LogP contribution in [-0.2, 0) is 4.79 Å². The van der Waals surface area contributed by atoms with Gasteiger partial charge < -0.3 is 0 Å². The molecule has 2 aromatic carbocycles. The van der Waals surface area contributed by atoms with Crippen LogP contribution in [-0.4, -0.2) is 32.2 Å². The number of aromatic amines is 1. The van der Waals surface area contributed by atoms with Gasteiger partial charge in [0.2, 0.25) is 17.0 Å². The van der Waals surface area contributed by atoms with Gasteiger partial charge in [-0.1, -0.05) is 48.2 Å². The summed E-state index contributed by atoms with van der Waals surface area (Å²) in [6.07, 6.45) is 2.69. The van der Waals surface area contributed by atoms with Gasteiger partial charge in [-0.05, 0) is 22.9 Å². The molecule has 1 aliphatic heterocycles. The van der Waals surface area contributed by atoms with Gasteiger partial charge in [-0.15, -0.1) is 6.58 Å². The first-order valence-corrected chi connectivity index (χ1v) is 11.7. The zero-order valence-corrected chi connectivity index (χ0v) is 19.5. The maximum atomic E-state index is 13.3. The van der Waals surface area contributed by atoms with Crippen molar-refractivity contribution >= 4 is 40.2 Å². The third kappa shape index (κ3) is 3.36. The number of thioether (sulfide) groups is 1. The van der Waals surface area contributed by atoms with E-state index >= 15 is 0 Å². The number of nitrogens with zero attached hydrogens (tertiary/aromatic N) is 4. The monoisotopic (exact) mass is 472 g/mol. The highest BCUT2D eigenvalue weighted by Crippen LogP contribution is 2.39. The first kappa shape index (κ1) is 21.8. The highest BCUT2D eigenvalue weighted by Gasteiger charge is 2.46. The quantitative estimate of drug-likeness (QED) is 0.279. The number of nitrogens with one attached hydrogen (secondary N) is 1. The van der Waals surface area contributed by atoms with E-state index in [2.05, 4.69) is 11.6 Å². The number of hydrogen-bond donors (Lipinski definition) is 1. The van der Waals surface area contributed by atoms with Crippen molar-refractivity contribution < 1.29 is 14.3 Å². The van der Waals surface area contributed by atoms with E-state index in [0.717, 1.165) is 10.9 Å². The van der Waals surface area contributed by atoms with Crippen LogP contribution in [0.2, 0.25) is 0 Å². The molecule has 0 radical (unpaired) electrons. The van der Waals surface area contributed by atoms with Crippen molar-refractivity contribution in [1.29, 1.82) is 0 Å². The number of fused-ring (bicyclic) bond motifs is 4. The van der Waals surface area contributed by atoms with Gasteiger partial charge in [0, 0.05) is 36.3 Å². The number of H-pyrrole nitrogens is 1. The Bertz CT molecular complexity index is 1540. The van der Waals surface area contributed by atoms with Gasteiger partial charge >= 0.3 is 11.3 Å². The smallest absolute Gasteiger partial charge is 0.291 e. The Morgan fingerprint density at radius 2 is 1.88 bits per heavy atom. The molecule has 0 aliphatic carbocycles. The molecule has 1 amide bonds. The van der Waals surface area contributed by atoms with Gasteiger partial charge in [0.15, 0.2) is 0 Å². The zero-order chi connectivity index (χ0) is 24.0. The van der Waals surface area contributed by atoms with Crippen LogP contribution in [0.4, 0.5) is 5.69 Å². The largest absolute Gasteiger partial charge is 0.325 e. The number of rotatable bonds is 4. The third-order valence-electron chi connectivity index (χ3n) is 5.80. The van der Waals surface area contributed by atoms with E-state index in [1.54, 1.807) is 32.5 Å². The summed E-state index contributed by atoms with van der Waals surface area (Å²) in [4.78, 5) is 43.3. The molecule has 0 saturated heterocycles. The maximum Gasteiger partial charge on any atom is 0.325 e. The van der Waals surface area contributed by atoms with Crippen molar-refractivity contribution in [2.45, 2.75) is 25.2 Å². The minimum Gasteiger partial charge on any atom is -0.291 e. The number of carbonyl (C=O) groups excluding carboxylic acids is 2. The van der Waals surface area contributed by atoms with Crippen LogP contribution < -0.4 is 15.1 Å². The summed E-state index contributed by atoms with van der Waals surface area (Å²) in [7, 11) is 0. The first-order valence-electron chi connectivity index (χ1n) is 10.7. The van der Waals surface area contributed by atoms with Crippen molar-refractivity contribution in [2.24, 2.45) is 0 Å². The van der Waals surface area contributed by atoms with E-state index in [-0.39, 0.29) is 17.4 Å². The summed E-state index contributed by atoms with van der Waals surface area (Å²) in [6.45, 7) is 6.71. The van der Waals surface area contributed by atoms with Crippen LogP contribution in [0.25, 0.3) is 22.2 Å². The average Bonchev–Trinajstić information content (AvgIpc) is 3.21. The lowest BCUT2D eigenvalue weighted by Crippen LogP contribution is -2.60. The van der Waals surface area contributed by atoms with Crippen LogP contribution in [0.15, 0.2) is 77.3 Å². The minimum atomic E-state index is -0.765. The number of carbonyl (C=O) groups is 2. The van der Waals surface area contributed by atoms with Gasteiger partial charge in [-0.3, -0.25) is 23.9 Å². The van der Waals surface area contributed by atoms with Crippen LogP contribution in [0.1, 0.15) is 30.4 Å². The van der Waals surface area contributed by atoms with E-state index in [4.69, 9.17) is 5.10 Å². The lowest BCUT2D eigenvalue weighted by atomic mass is 10.0. The van der Waals surface area contributed by atoms with Crippen LogP contribution in [0.5, 0.6) is 0 Å². The van der Waals surface area contributed by atoms with Gasteiger partial charge in [0.05, 0.1) is 22.3 Å².